The van der Waals surface area contributed by atoms with Crippen LogP contribution in [-0.2, 0) is 13.0 Å². The molecule has 0 saturated heterocycles. The molecule has 96 valence electrons. The monoisotopic (exact) mass is 233 g/mol. The zero-order valence-corrected chi connectivity index (χ0v) is 12.1. The first kappa shape index (κ1) is 14.2. The molecule has 0 spiro atoms. The molecule has 0 N–H and O–H groups in total. The maximum absolute atomic E-state index is 2.43. The third kappa shape index (κ3) is 3.85. The van der Waals surface area contributed by atoms with Gasteiger partial charge < -0.3 is 4.90 Å². The fourth-order valence-corrected chi connectivity index (χ4v) is 2.31. The Kier molecular flexibility index (Phi) is 5.70. The molecule has 17 heavy (non-hydrogen) atoms. The quantitative estimate of drug-likeness (QED) is 0.702. The second kappa shape index (κ2) is 6.80. The number of hydrogen-bond acceptors (Lipinski definition) is 1. The molecule has 1 aliphatic rings. The molecule has 1 nitrogen and oxygen atoms in total. The highest BCUT2D eigenvalue weighted by molar-refractivity contribution is 5.34. The highest BCUT2D eigenvalue weighted by Crippen LogP contribution is 2.23. The molecule has 0 unspecified atom stereocenters. The minimum Gasteiger partial charge on any atom is -0.302 e. The van der Waals surface area contributed by atoms with Crippen LogP contribution in [0, 0.1) is 0 Å². The Hall–Kier alpha value is -0.820. The minimum absolute atomic E-state index is 0.642. The van der Waals surface area contributed by atoms with Crippen molar-refractivity contribution in [2.45, 2.75) is 53.0 Å². The van der Waals surface area contributed by atoms with Crippen LogP contribution in [0.25, 0.3) is 0 Å². The largest absolute Gasteiger partial charge is 0.302 e. The predicted octanol–water partition coefficient (Wildman–Crippen LogP) is 4.21. The first-order valence-electron chi connectivity index (χ1n) is 6.97. The number of fused-ring (bicyclic) bond motifs is 1. The Morgan fingerprint density at radius 2 is 1.82 bits per heavy atom. The van der Waals surface area contributed by atoms with Gasteiger partial charge in [-0.05, 0) is 49.0 Å². The summed E-state index contributed by atoms with van der Waals surface area (Å²) in [5.41, 5.74) is 4.58. The summed E-state index contributed by atoms with van der Waals surface area (Å²) >= 11 is 0. The van der Waals surface area contributed by atoms with Gasteiger partial charge >= 0.3 is 0 Å². The van der Waals surface area contributed by atoms with Crippen molar-refractivity contribution in [1.82, 2.24) is 4.90 Å². The van der Waals surface area contributed by atoms with Crippen LogP contribution in [0.1, 0.15) is 56.7 Å². The number of benzene rings is 1. The van der Waals surface area contributed by atoms with Gasteiger partial charge in [0.1, 0.15) is 0 Å². The van der Waals surface area contributed by atoms with Gasteiger partial charge in [0.25, 0.3) is 0 Å². The van der Waals surface area contributed by atoms with Gasteiger partial charge in [0.05, 0.1) is 0 Å². The molecule has 0 bridgehead atoms. The lowest BCUT2D eigenvalue weighted by atomic mass is 9.96. The van der Waals surface area contributed by atoms with Crippen LogP contribution < -0.4 is 0 Å². The van der Waals surface area contributed by atoms with E-state index in [-0.39, 0.29) is 0 Å². The van der Waals surface area contributed by atoms with Crippen molar-refractivity contribution < 1.29 is 0 Å². The third-order valence-electron chi connectivity index (χ3n) is 3.32. The summed E-state index contributed by atoms with van der Waals surface area (Å²) in [5.74, 6) is 0.642. The summed E-state index contributed by atoms with van der Waals surface area (Å²) in [6.45, 7) is 10.9. The van der Waals surface area contributed by atoms with Crippen molar-refractivity contribution >= 4 is 0 Å². The molecule has 0 aliphatic carbocycles. The van der Waals surface area contributed by atoms with Crippen LogP contribution >= 0.6 is 0 Å². The molecule has 0 amide bonds. The lowest BCUT2D eigenvalue weighted by Gasteiger charge is -2.15. The molecule has 0 saturated carbocycles. The zero-order chi connectivity index (χ0) is 12.8. The van der Waals surface area contributed by atoms with Crippen LogP contribution in [0.2, 0.25) is 0 Å². The van der Waals surface area contributed by atoms with Crippen molar-refractivity contribution in [3.63, 3.8) is 0 Å². The summed E-state index contributed by atoms with van der Waals surface area (Å²) in [4.78, 5) is 2.43. The van der Waals surface area contributed by atoms with E-state index < -0.39 is 0 Å². The van der Waals surface area contributed by atoms with E-state index in [1.807, 2.05) is 13.8 Å². The second-order valence-corrected chi connectivity index (χ2v) is 5.02. The zero-order valence-electron chi connectivity index (χ0n) is 12.1. The van der Waals surface area contributed by atoms with Crippen molar-refractivity contribution in [2.75, 3.05) is 13.6 Å². The first-order valence-corrected chi connectivity index (χ1v) is 6.97. The number of nitrogens with zero attached hydrogens (tertiary/aromatic N) is 1. The molecule has 1 heterocycles. The highest BCUT2D eigenvalue weighted by atomic mass is 15.1. The van der Waals surface area contributed by atoms with E-state index >= 15 is 0 Å². The normalized spacial score (nSPS) is 15.9. The van der Waals surface area contributed by atoms with Crippen molar-refractivity contribution in [3.05, 3.63) is 34.9 Å². The van der Waals surface area contributed by atoms with E-state index in [1.54, 1.807) is 11.1 Å². The van der Waals surface area contributed by atoms with Crippen LogP contribution in [0.4, 0.5) is 0 Å². The van der Waals surface area contributed by atoms with E-state index in [0.717, 1.165) is 6.54 Å². The highest BCUT2D eigenvalue weighted by Gasteiger charge is 2.12. The summed E-state index contributed by atoms with van der Waals surface area (Å²) < 4.78 is 0. The van der Waals surface area contributed by atoms with E-state index in [4.69, 9.17) is 0 Å². The van der Waals surface area contributed by atoms with Crippen molar-refractivity contribution in [3.8, 4) is 0 Å². The van der Waals surface area contributed by atoms with Crippen LogP contribution in [0.3, 0.4) is 0 Å². The van der Waals surface area contributed by atoms with Gasteiger partial charge in [-0.25, -0.2) is 0 Å². The van der Waals surface area contributed by atoms with Gasteiger partial charge in [0, 0.05) is 6.54 Å². The number of rotatable bonds is 1. The van der Waals surface area contributed by atoms with Crippen molar-refractivity contribution in [2.24, 2.45) is 0 Å². The SMILES string of the molecule is CC.CC(C)c1ccc2c(c1)CN(C)CCC2. The molecular formula is C16H27N. The molecule has 0 atom stereocenters. The van der Waals surface area contributed by atoms with Crippen molar-refractivity contribution in [1.29, 1.82) is 0 Å². The predicted molar refractivity (Wildman–Crippen MR) is 76.5 cm³/mol. The fraction of sp³-hybridized carbons (Fsp3) is 0.625. The number of hydrogen-bond donors (Lipinski definition) is 0. The molecule has 0 fully saturated rings. The Morgan fingerprint density at radius 3 is 2.47 bits per heavy atom. The Bertz CT molecular complexity index is 341. The second-order valence-electron chi connectivity index (χ2n) is 5.02. The van der Waals surface area contributed by atoms with E-state index in [2.05, 4.69) is 44.0 Å². The average Bonchev–Trinajstić information content (AvgIpc) is 2.51. The van der Waals surface area contributed by atoms with E-state index in [1.165, 1.54) is 24.9 Å². The lowest BCUT2D eigenvalue weighted by molar-refractivity contribution is 0.332. The summed E-state index contributed by atoms with van der Waals surface area (Å²) in [6.07, 6.45) is 2.54. The van der Waals surface area contributed by atoms with Crippen LogP contribution in [0.5, 0.6) is 0 Å². The maximum atomic E-state index is 2.43. The Morgan fingerprint density at radius 1 is 1.12 bits per heavy atom. The molecule has 2 rings (SSSR count). The summed E-state index contributed by atoms with van der Waals surface area (Å²) in [6, 6.07) is 7.04. The molecular weight excluding hydrogens is 206 g/mol. The molecule has 1 aromatic carbocycles. The minimum atomic E-state index is 0.642. The van der Waals surface area contributed by atoms with Crippen LogP contribution in [0.15, 0.2) is 18.2 Å². The van der Waals surface area contributed by atoms with Gasteiger partial charge in [-0.3, -0.25) is 0 Å². The molecule has 1 heteroatoms. The number of aryl methyl sites for hydroxylation is 1. The van der Waals surface area contributed by atoms with E-state index in [0.29, 0.717) is 5.92 Å². The molecule has 0 radical (unpaired) electrons. The average molecular weight is 233 g/mol. The van der Waals surface area contributed by atoms with Gasteiger partial charge in [-0.15, -0.1) is 0 Å². The lowest BCUT2D eigenvalue weighted by Crippen LogP contribution is -2.17. The topological polar surface area (TPSA) is 3.24 Å². The summed E-state index contributed by atoms with van der Waals surface area (Å²) in [7, 11) is 2.22. The van der Waals surface area contributed by atoms with Gasteiger partial charge in [0.15, 0.2) is 0 Å². The smallest absolute Gasteiger partial charge is 0.0233 e. The maximum Gasteiger partial charge on any atom is 0.0233 e. The summed E-state index contributed by atoms with van der Waals surface area (Å²) in [5, 5.41) is 0. The Balaban J connectivity index is 0.000000686. The molecule has 1 aromatic rings. The van der Waals surface area contributed by atoms with E-state index in [9.17, 15) is 0 Å². The molecule has 1 aliphatic heterocycles. The van der Waals surface area contributed by atoms with Crippen LogP contribution in [-0.4, -0.2) is 18.5 Å². The van der Waals surface area contributed by atoms with Gasteiger partial charge in [0.2, 0.25) is 0 Å². The third-order valence-corrected chi connectivity index (χ3v) is 3.32. The standard InChI is InChI=1S/C14H21N.C2H6/c1-11(2)13-7-6-12-5-4-8-15(3)10-14(12)9-13;1-2/h6-7,9,11H,4-5,8,10H2,1-3H3;1-2H3. The molecule has 0 aromatic heterocycles. The Labute approximate surface area is 107 Å². The van der Waals surface area contributed by atoms with Gasteiger partial charge in [-0.2, -0.15) is 0 Å². The fourth-order valence-electron chi connectivity index (χ4n) is 2.31. The first-order chi connectivity index (χ1) is 8.16. The van der Waals surface area contributed by atoms with Gasteiger partial charge in [-0.1, -0.05) is 45.9 Å².